The van der Waals surface area contributed by atoms with Gasteiger partial charge in [0.2, 0.25) is 0 Å². The fraction of sp³-hybridized carbons (Fsp3) is 0.923. The lowest BCUT2D eigenvalue weighted by atomic mass is 9.83. The van der Waals surface area contributed by atoms with Gasteiger partial charge in [-0.15, -0.1) is 0 Å². The number of aliphatic hydroxyl groups is 1. The van der Waals surface area contributed by atoms with Gasteiger partial charge < -0.3 is 14.7 Å². The number of aliphatic hydroxyl groups excluding tert-OH is 1. The van der Waals surface area contributed by atoms with Gasteiger partial charge in [-0.3, -0.25) is 0 Å². The van der Waals surface area contributed by atoms with E-state index < -0.39 is 5.60 Å². The number of likely N-dealkylation sites (tertiary alicyclic amines) is 1. The molecule has 2 rings (SSSR count). The molecule has 1 saturated heterocycles. The van der Waals surface area contributed by atoms with Gasteiger partial charge in [0.25, 0.3) is 0 Å². The smallest absolute Gasteiger partial charge is 0.410 e. The van der Waals surface area contributed by atoms with Crippen molar-refractivity contribution in [1.82, 2.24) is 4.90 Å². The highest BCUT2D eigenvalue weighted by Gasteiger charge is 2.44. The largest absolute Gasteiger partial charge is 0.444 e. The lowest BCUT2D eigenvalue weighted by Crippen LogP contribution is -2.48. The Bertz CT molecular complexity index is 298. The molecule has 1 N–H and O–H groups in total. The van der Waals surface area contributed by atoms with Gasteiger partial charge in [-0.2, -0.15) is 0 Å². The summed E-state index contributed by atoms with van der Waals surface area (Å²) in [6.07, 6.45) is 3.36. The standard InChI is InChI=1S/C13H23NO3/c1-13(2,3)17-12(16)14-8-7-9-5-4-6-10(15)11(9)14/h9-11,15H,4-8H2,1-3H3/t9-,10-,11+/m0/s1. The zero-order valence-electron chi connectivity index (χ0n) is 11.0. The van der Waals surface area contributed by atoms with Crippen molar-refractivity contribution in [3.8, 4) is 0 Å². The maximum Gasteiger partial charge on any atom is 0.410 e. The molecule has 0 aromatic rings. The van der Waals surface area contributed by atoms with Gasteiger partial charge in [0.05, 0.1) is 12.1 Å². The van der Waals surface area contributed by atoms with Crippen LogP contribution in [0.3, 0.4) is 0 Å². The van der Waals surface area contributed by atoms with Crippen molar-refractivity contribution in [3.05, 3.63) is 0 Å². The number of rotatable bonds is 0. The summed E-state index contributed by atoms with van der Waals surface area (Å²) in [5.74, 6) is 0.464. The van der Waals surface area contributed by atoms with E-state index in [4.69, 9.17) is 4.74 Å². The number of amides is 1. The van der Waals surface area contributed by atoms with Crippen LogP contribution in [0.5, 0.6) is 0 Å². The Hall–Kier alpha value is -0.770. The Morgan fingerprint density at radius 1 is 1.29 bits per heavy atom. The fourth-order valence-electron chi connectivity index (χ4n) is 3.01. The van der Waals surface area contributed by atoms with E-state index in [1.165, 1.54) is 0 Å². The van der Waals surface area contributed by atoms with E-state index >= 15 is 0 Å². The Labute approximate surface area is 103 Å². The summed E-state index contributed by atoms with van der Waals surface area (Å²) >= 11 is 0. The summed E-state index contributed by atoms with van der Waals surface area (Å²) < 4.78 is 5.39. The highest BCUT2D eigenvalue weighted by atomic mass is 16.6. The third kappa shape index (κ3) is 2.73. The summed E-state index contributed by atoms with van der Waals surface area (Å²) in [6.45, 7) is 6.34. The van der Waals surface area contributed by atoms with Gasteiger partial charge >= 0.3 is 6.09 Å². The van der Waals surface area contributed by atoms with E-state index in [2.05, 4.69) is 0 Å². The Morgan fingerprint density at radius 3 is 2.65 bits per heavy atom. The van der Waals surface area contributed by atoms with Crippen molar-refractivity contribution in [1.29, 1.82) is 0 Å². The third-order valence-corrected chi connectivity index (χ3v) is 3.68. The van der Waals surface area contributed by atoms with E-state index in [-0.39, 0.29) is 18.2 Å². The molecule has 1 aliphatic heterocycles. The van der Waals surface area contributed by atoms with Gasteiger partial charge in [-0.25, -0.2) is 4.79 Å². The highest BCUT2D eigenvalue weighted by molar-refractivity contribution is 5.69. The summed E-state index contributed by atoms with van der Waals surface area (Å²) in [5, 5.41) is 10.0. The van der Waals surface area contributed by atoms with E-state index in [1.807, 2.05) is 20.8 Å². The minimum absolute atomic E-state index is 0.0152. The monoisotopic (exact) mass is 241 g/mol. The molecular weight excluding hydrogens is 218 g/mol. The van der Waals surface area contributed by atoms with Crippen LogP contribution in [0.2, 0.25) is 0 Å². The molecule has 2 fully saturated rings. The molecule has 3 atom stereocenters. The second-order valence-electron chi connectivity index (χ2n) is 6.21. The van der Waals surface area contributed by atoms with Crippen molar-refractivity contribution in [2.75, 3.05) is 6.54 Å². The van der Waals surface area contributed by atoms with Crippen molar-refractivity contribution in [2.45, 2.75) is 64.2 Å². The summed E-state index contributed by atoms with van der Waals surface area (Å²) in [6, 6.07) is -0.0152. The van der Waals surface area contributed by atoms with Crippen LogP contribution >= 0.6 is 0 Å². The second-order valence-corrected chi connectivity index (χ2v) is 6.21. The van der Waals surface area contributed by atoms with Crippen LogP contribution in [-0.2, 0) is 4.74 Å². The SMILES string of the molecule is CC(C)(C)OC(=O)N1CC[C@@H]2CCC[C@H](O)[C@@H]21. The van der Waals surface area contributed by atoms with Gasteiger partial charge in [0.1, 0.15) is 5.60 Å². The number of ether oxygens (including phenoxy) is 1. The van der Waals surface area contributed by atoms with Crippen LogP contribution in [0.1, 0.15) is 46.5 Å². The van der Waals surface area contributed by atoms with Crippen molar-refractivity contribution in [2.24, 2.45) is 5.92 Å². The maximum absolute atomic E-state index is 12.1. The van der Waals surface area contributed by atoms with Gasteiger partial charge in [0.15, 0.2) is 0 Å². The molecule has 4 nitrogen and oxygen atoms in total. The lowest BCUT2D eigenvalue weighted by molar-refractivity contribution is -0.0109. The molecule has 2 aliphatic rings. The van der Waals surface area contributed by atoms with Crippen molar-refractivity contribution >= 4 is 6.09 Å². The van der Waals surface area contributed by atoms with Gasteiger partial charge in [-0.1, -0.05) is 6.42 Å². The first-order valence-corrected chi connectivity index (χ1v) is 6.56. The number of hydrogen-bond acceptors (Lipinski definition) is 3. The van der Waals surface area contributed by atoms with E-state index in [1.54, 1.807) is 4.90 Å². The number of hydrogen-bond donors (Lipinski definition) is 1. The zero-order chi connectivity index (χ0) is 12.6. The highest BCUT2D eigenvalue weighted by Crippen LogP contribution is 2.37. The van der Waals surface area contributed by atoms with Crippen LogP contribution in [-0.4, -0.2) is 40.4 Å². The van der Waals surface area contributed by atoms with Gasteiger partial charge in [0, 0.05) is 6.54 Å². The molecule has 1 amide bonds. The minimum atomic E-state index is -0.464. The van der Waals surface area contributed by atoms with E-state index in [9.17, 15) is 9.90 Å². The molecule has 0 aromatic carbocycles. The molecule has 0 spiro atoms. The maximum atomic E-state index is 12.1. The predicted molar refractivity (Wildman–Crippen MR) is 64.7 cm³/mol. The molecule has 0 unspecified atom stereocenters. The lowest BCUT2D eigenvalue weighted by Gasteiger charge is -2.36. The normalized spacial score (nSPS) is 33.4. The molecule has 98 valence electrons. The minimum Gasteiger partial charge on any atom is -0.444 e. The summed E-state index contributed by atoms with van der Waals surface area (Å²) in [4.78, 5) is 13.8. The topological polar surface area (TPSA) is 49.8 Å². The Kier molecular flexibility index (Phi) is 3.34. The van der Waals surface area contributed by atoms with E-state index in [0.717, 1.165) is 32.2 Å². The second kappa shape index (κ2) is 4.48. The Balaban J connectivity index is 2.04. The average Bonchev–Trinajstić information content (AvgIpc) is 2.60. The Morgan fingerprint density at radius 2 is 2.00 bits per heavy atom. The molecule has 0 bridgehead atoms. The molecule has 1 heterocycles. The van der Waals surface area contributed by atoms with Crippen molar-refractivity contribution in [3.63, 3.8) is 0 Å². The fourth-order valence-corrected chi connectivity index (χ4v) is 3.01. The van der Waals surface area contributed by atoms with E-state index in [0.29, 0.717) is 5.92 Å². The molecule has 1 aliphatic carbocycles. The van der Waals surface area contributed by atoms with Crippen LogP contribution in [0.15, 0.2) is 0 Å². The average molecular weight is 241 g/mol. The molecule has 0 radical (unpaired) electrons. The number of carbonyl (C=O) groups is 1. The third-order valence-electron chi connectivity index (χ3n) is 3.68. The summed E-state index contributed by atoms with van der Waals surface area (Å²) in [7, 11) is 0. The quantitative estimate of drug-likeness (QED) is 0.707. The van der Waals surface area contributed by atoms with Crippen LogP contribution in [0.4, 0.5) is 4.79 Å². The predicted octanol–water partition coefficient (Wildman–Crippen LogP) is 2.16. The molecule has 17 heavy (non-hydrogen) atoms. The van der Waals surface area contributed by atoms with Crippen LogP contribution in [0, 0.1) is 5.92 Å². The van der Waals surface area contributed by atoms with Crippen LogP contribution < -0.4 is 0 Å². The zero-order valence-corrected chi connectivity index (χ0v) is 11.0. The molecule has 4 heteroatoms. The number of carbonyl (C=O) groups excluding carboxylic acids is 1. The first kappa shape index (κ1) is 12.7. The van der Waals surface area contributed by atoms with Crippen LogP contribution in [0.25, 0.3) is 0 Å². The summed E-state index contributed by atoms with van der Waals surface area (Å²) in [5.41, 5.74) is -0.464. The first-order chi connectivity index (χ1) is 7.88. The first-order valence-electron chi connectivity index (χ1n) is 6.56. The van der Waals surface area contributed by atoms with Crippen molar-refractivity contribution < 1.29 is 14.6 Å². The molecule has 0 aromatic heterocycles. The number of fused-ring (bicyclic) bond motifs is 1. The molecule has 1 saturated carbocycles. The molecular formula is C13H23NO3. The van der Waals surface area contributed by atoms with Gasteiger partial charge in [-0.05, 0) is 46.0 Å². The number of nitrogens with zero attached hydrogens (tertiary/aromatic N) is 1.